The van der Waals surface area contributed by atoms with Crippen LogP contribution in [0, 0.1) is 0 Å². The molecule has 0 spiro atoms. The summed E-state index contributed by atoms with van der Waals surface area (Å²) in [4.78, 5) is 10.1. The SMILES string of the molecule is CC=CCC=CCCCC(=O)O. The van der Waals surface area contributed by atoms with Gasteiger partial charge in [-0.1, -0.05) is 24.3 Å². The molecule has 0 saturated heterocycles. The fourth-order valence-electron chi connectivity index (χ4n) is 0.800. The van der Waals surface area contributed by atoms with Crippen LogP contribution >= 0.6 is 0 Å². The second-order valence-corrected chi connectivity index (χ2v) is 2.56. The van der Waals surface area contributed by atoms with Gasteiger partial charge in [0.25, 0.3) is 0 Å². The summed E-state index contributed by atoms with van der Waals surface area (Å²) < 4.78 is 0. The van der Waals surface area contributed by atoms with Gasteiger partial charge in [0, 0.05) is 6.42 Å². The summed E-state index contributed by atoms with van der Waals surface area (Å²) in [6, 6.07) is 0. The van der Waals surface area contributed by atoms with Crippen molar-refractivity contribution in [2.45, 2.75) is 32.6 Å². The third kappa shape index (κ3) is 8.95. The largest absolute Gasteiger partial charge is 0.481 e. The molecule has 0 aromatic rings. The van der Waals surface area contributed by atoms with E-state index in [-0.39, 0.29) is 6.42 Å². The first kappa shape index (κ1) is 11.0. The fourth-order valence-corrected chi connectivity index (χ4v) is 0.800. The highest BCUT2D eigenvalue weighted by molar-refractivity contribution is 5.66. The molecule has 0 aliphatic carbocycles. The Morgan fingerprint density at radius 3 is 2.67 bits per heavy atom. The smallest absolute Gasteiger partial charge is 0.303 e. The Kier molecular flexibility index (Phi) is 7.35. The third-order valence-electron chi connectivity index (χ3n) is 1.44. The van der Waals surface area contributed by atoms with Gasteiger partial charge in [0.05, 0.1) is 0 Å². The van der Waals surface area contributed by atoms with E-state index < -0.39 is 5.97 Å². The van der Waals surface area contributed by atoms with Crippen molar-refractivity contribution in [3.63, 3.8) is 0 Å². The van der Waals surface area contributed by atoms with Gasteiger partial charge in [-0.15, -0.1) is 0 Å². The molecular weight excluding hydrogens is 152 g/mol. The standard InChI is InChI=1S/C10H16O2/c1-2-3-4-5-6-7-8-9-10(11)12/h2-3,5-6H,4,7-9H2,1H3,(H,11,12). The van der Waals surface area contributed by atoms with Crippen molar-refractivity contribution in [2.75, 3.05) is 0 Å². The van der Waals surface area contributed by atoms with E-state index in [4.69, 9.17) is 5.11 Å². The Labute approximate surface area is 73.6 Å². The molecule has 0 unspecified atom stereocenters. The Balaban J connectivity index is 3.19. The zero-order valence-electron chi connectivity index (χ0n) is 7.49. The van der Waals surface area contributed by atoms with Crippen LogP contribution < -0.4 is 0 Å². The molecule has 0 amide bonds. The summed E-state index contributed by atoms with van der Waals surface area (Å²) in [6.07, 6.45) is 11.0. The van der Waals surface area contributed by atoms with Gasteiger partial charge in [-0.2, -0.15) is 0 Å². The van der Waals surface area contributed by atoms with Crippen LogP contribution in [-0.4, -0.2) is 11.1 Å². The third-order valence-corrected chi connectivity index (χ3v) is 1.44. The highest BCUT2D eigenvalue weighted by Crippen LogP contribution is 1.97. The molecule has 0 bridgehead atoms. The van der Waals surface area contributed by atoms with Crippen molar-refractivity contribution < 1.29 is 9.90 Å². The zero-order chi connectivity index (χ0) is 9.23. The number of aliphatic carboxylic acids is 1. The Bertz CT molecular complexity index is 169. The van der Waals surface area contributed by atoms with E-state index in [0.717, 1.165) is 19.3 Å². The predicted molar refractivity (Wildman–Crippen MR) is 50.1 cm³/mol. The van der Waals surface area contributed by atoms with Gasteiger partial charge in [0.1, 0.15) is 0 Å². The van der Waals surface area contributed by atoms with Crippen LogP contribution in [0.5, 0.6) is 0 Å². The molecule has 0 saturated carbocycles. The van der Waals surface area contributed by atoms with Gasteiger partial charge in [0.2, 0.25) is 0 Å². The van der Waals surface area contributed by atoms with E-state index in [9.17, 15) is 4.79 Å². The lowest BCUT2D eigenvalue weighted by molar-refractivity contribution is -0.137. The zero-order valence-corrected chi connectivity index (χ0v) is 7.49. The first-order valence-electron chi connectivity index (χ1n) is 4.25. The number of rotatable bonds is 6. The van der Waals surface area contributed by atoms with Crippen LogP contribution in [0.1, 0.15) is 32.6 Å². The maximum absolute atomic E-state index is 10.1. The number of unbranched alkanes of at least 4 members (excludes halogenated alkanes) is 1. The average molecular weight is 168 g/mol. The van der Waals surface area contributed by atoms with E-state index in [2.05, 4.69) is 12.2 Å². The van der Waals surface area contributed by atoms with Gasteiger partial charge in [0.15, 0.2) is 0 Å². The van der Waals surface area contributed by atoms with E-state index in [1.807, 2.05) is 19.1 Å². The molecule has 0 aliphatic heterocycles. The highest BCUT2D eigenvalue weighted by atomic mass is 16.4. The molecule has 0 atom stereocenters. The van der Waals surface area contributed by atoms with Crippen LogP contribution in [0.2, 0.25) is 0 Å². The fraction of sp³-hybridized carbons (Fsp3) is 0.500. The van der Waals surface area contributed by atoms with E-state index >= 15 is 0 Å². The number of hydrogen-bond acceptors (Lipinski definition) is 1. The molecule has 0 heterocycles. The summed E-state index contributed by atoms with van der Waals surface area (Å²) in [5, 5.41) is 8.32. The number of hydrogen-bond donors (Lipinski definition) is 1. The van der Waals surface area contributed by atoms with Gasteiger partial charge >= 0.3 is 5.97 Å². The molecular formula is C10H16O2. The molecule has 0 aromatic heterocycles. The molecule has 1 N–H and O–H groups in total. The summed E-state index contributed by atoms with van der Waals surface area (Å²) in [5.41, 5.74) is 0. The summed E-state index contributed by atoms with van der Waals surface area (Å²) >= 11 is 0. The van der Waals surface area contributed by atoms with Crippen LogP contribution in [0.4, 0.5) is 0 Å². The Morgan fingerprint density at radius 1 is 1.33 bits per heavy atom. The lowest BCUT2D eigenvalue weighted by Gasteiger charge is -1.89. The topological polar surface area (TPSA) is 37.3 Å². The van der Waals surface area contributed by atoms with E-state index in [1.165, 1.54) is 0 Å². The van der Waals surface area contributed by atoms with Crippen molar-refractivity contribution in [3.8, 4) is 0 Å². The molecule has 2 heteroatoms. The Morgan fingerprint density at radius 2 is 2.08 bits per heavy atom. The summed E-state index contributed by atoms with van der Waals surface area (Å²) in [6.45, 7) is 1.98. The molecule has 0 fully saturated rings. The molecule has 0 rings (SSSR count). The maximum atomic E-state index is 10.1. The lowest BCUT2D eigenvalue weighted by atomic mass is 10.2. The van der Waals surface area contributed by atoms with Crippen molar-refractivity contribution >= 4 is 5.97 Å². The predicted octanol–water partition coefficient (Wildman–Crippen LogP) is 2.76. The molecule has 2 nitrogen and oxygen atoms in total. The second-order valence-electron chi connectivity index (χ2n) is 2.56. The quantitative estimate of drug-likeness (QED) is 0.489. The average Bonchev–Trinajstić information content (AvgIpc) is 2.02. The van der Waals surface area contributed by atoms with Crippen molar-refractivity contribution in [3.05, 3.63) is 24.3 Å². The summed E-state index contributed by atoms with van der Waals surface area (Å²) in [7, 11) is 0. The van der Waals surface area contributed by atoms with Crippen molar-refractivity contribution in [1.82, 2.24) is 0 Å². The molecule has 0 aliphatic rings. The number of allylic oxidation sites excluding steroid dienone is 4. The van der Waals surface area contributed by atoms with Gasteiger partial charge in [-0.25, -0.2) is 0 Å². The summed E-state index contributed by atoms with van der Waals surface area (Å²) in [5.74, 6) is -0.711. The minimum atomic E-state index is -0.711. The van der Waals surface area contributed by atoms with Gasteiger partial charge < -0.3 is 5.11 Å². The molecule has 0 aromatic carbocycles. The van der Waals surface area contributed by atoms with Crippen molar-refractivity contribution in [2.24, 2.45) is 0 Å². The van der Waals surface area contributed by atoms with Crippen LogP contribution in [0.3, 0.4) is 0 Å². The minimum Gasteiger partial charge on any atom is -0.481 e. The van der Waals surface area contributed by atoms with Crippen LogP contribution in [-0.2, 0) is 4.79 Å². The normalized spacial score (nSPS) is 11.4. The highest BCUT2D eigenvalue weighted by Gasteiger charge is 1.92. The maximum Gasteiger partial charge on any atom is 0.303 e. The lowest BCUT2D eigenvalue weighted by Crippen LogP contribution is -1.92. The molecule has 12 heavy (non-hydrogen) atoms. The molecule has 68 valence electrons. The molecule has 0 radical (unpaired) electrons. The number of carboxylic acids is 1. The van der Waals surface area contributed by atoms with Crippen molar-refractivity contribution in [1.29, 1.82) is 0 Å². The van der Waals surface area contributed by atoms with Crippen LogP contribution in [0.25, 0.3) is 0 Å². The minimum absolute atomic E-state index is 0.272. The second kappa shape index (κ2) is 8.05. The first-order chi connectivity index (χ1) is 5.77. The first-order valence-corrected chi connectivity index (χ1v) is 4.25. The van der Waals surface area contributed by atoms with E-state index in [1.54, 1.807) is 0 Å². The van der Waals surface area contributed by atoms with Gasteiger partial charge in [-0.3, -0.25) is 4.79 Å². The van der Waals surface area contributed by atoms with Crippen LogP contribution in [0.15, 0.2) is 24.3 Å². The number of carboxylic acid groups (broad SMARTS) is 1. The van der Waals surface area contributed by atoms with Gasteiger partial charge in [-0.05, 0) is 26.2 Å². The van der Waals surface area contributed by atoms with E-state index in [0.29, 0.717) is 0 Å². The Hall–Kier alpha value is -1.05. The number of carbonyl (C=O) groups is 1. The monoisotopic (exact) mass is 168 g/mol.